The Morgan fingerprint density at radius 2 is 1.73 bits per heavy atom. The first-order valence-electron chi connectivity index (χ1n) is 9.66. The average molecular weight is 471 g/mol. The highest BCUT2D eigenvalue weighted by Crippen LogP contribution is 2.26. The van der Waals surface area contributed by atoms with E-state index in [1.165, 1.54) is 25.2 Å². The molecule has 1 unspecified atom stereocenters. The summed E-state index contributed by atoms with van der Waals surface area (Å²) in [6, 6.07) is 15.6. The van der Waals surface area contributed by atoms with Crippen LogP contribution in [-0.4, -0.2) is 41.2 Å². The molecule has 1 N–H and O–H groups in total. The van der Waals surface area contributed by atoms with Gasteiger partial charge in [-0.25, -0.2) is 22.2 Å². The van der Waals surface area contributed by atoms with Crippen molar-refractivity contribution < 1.29 is 32.1 Å². The van der Waals surface area contributed by atoms with Crippen molar-refractivity contribution in [2.45, 2.75) is 17.5 Å². The Hall–Kier alpha value is -3.83. The lowest BCUT2D eigenvalue weighted by Gasteiger charge is -2.18. The third-order valence-electron chi connectivity index (χ3n) is 4.91. The van der Waals surface area contributed by atoms with E-state index < -0.39 is 27.9 Å². The number of rotatable bonds is 8. The van der Waals surface area contributed by atoms with Crippen molar-refractivity contribution in [1.82, 2.24) is 14.6 Å². The van der Waals surface area contributed by atoms with Crippen LogP contribution in [0.15, 0.2) is 76.3 Å². The van der Waals surface area contributed by atoms with Gasteiger partial charge in [-0.2, -0.15) is 4.31 Å². The average Bonchev–Trinajstić information content (AvgIpc) is 3.26. The first-order valence-corrected chi connectivity index (χ1v) is 11.1. The first-order chi connectivity index (χ1) is 15.7. The number of nitrogens with zero attached hydrogens (tertiary/aromatic N) is 3. The molecule has 1 aromatic heterocycles. The standard InChI is InChI=1S/C22H18FN3O6S/c1-26(33(29,30)18-9-5-16(23)6-10-18)13-14-2-7-17(8-3-14)31-21(22(27)28)15-4-11-19-20(12-15)25-32-24-19/h2-12,21H,13H2,1H3,(H,27,28). The minimum Gasteiger partial charge on any atom is -0.478 e. The summed E-state index contributed by atoms with van der Waals surface area (Å²) >= 11 is 0. The highest BCUT2D eigenvalue weighted by atomic mass is 32.2. The largest absolute Gasteiger partial charge is 0.478 e. The van der Waals surface area contributed by atoms with E-state index in [0.29, 0.717) is 22.2 Å². The third kappa shape index (κ3) is 4.83. The summed E-state index contributed by atoms with van der Waals surface area (Å²) in [5, 5.41) is 17.0. The summed E-state index contributed by atoms with van der Waals surface area (Å²) < 4.78 is 49.8. The number of carbonyl (C=O) groups is 1. The highest BCUT2D eigenvalue weighted by Gasteiger charge is 2.24. The maximum atomic E-state index is 13.1. The number of carboxylic acids is 1. The number of halogens is 1. The van der Waals surface area contributed by atoms with Gasteiger partial charge in [0.05, 0.1) is 4.90 Å². The maximum Gasteiger partial charge on any atom is 0.349 e. The monoisotopic (exact) mass is 471 g/mol. The van der Waals surface area contributed by atoms with Gasteiger partial charge in [-0.15, -0.1) is 0 Å². The number of hydrogen-bond acceptors (Lipinski definition) is 7. The number of hydrogen-bond donors (Lipinski definition) is 1. The fourth-order valence-electron chi connectivity index (χ4n) is 3.16. The summed E-state index contributed by atoms with van der Waals surface area (Å²) in [6.45, 7) is 0.0537. The predicted octanol–water partition coefficient (Wildman–Crippen LogP) is 3.39. The van der Waals surface area contributed by atoms with Crippen molar-refractivity contribution in [3.63, 3.8) is 0 Å². The Kier molecular flexibility index (Phi) is 6.07. The molecule has 0 radical (unpaired) electrons. The topological polar surface area (TPSA) is 123 Å². The van der Waals surface area contributed by atoms with Crippen LogP contribution in [0, 0.1) is 5.82 Å². The number of ether oxygens (including phenoxy) is 1. The Morgan fingerprint density at radius 3 is 2.39 bits per heavy atom. The summed E-state index contributed by atoms with van der Waals surface area (Å²) in [4.78, 5) is 11.8. The van der Waals surface area contributed by atoms with Gasteiger partial charge in [0.1, 0.15) is 22.6 Å². The Morgan fingerprint density at radius 1 is 1.06 bits per heavy atom. The summed E-state index contributed by atoms with van der Waals surface area (Å²) in [5.74, 6) is -1.43. The molecule has 4 rings (SSSR count). The zero-order valence-electron chi connectivity index (χ0n) is 17.3. The SMILES string of the molecule is CN(Cc1ccc(OC(C(=O)O)c2ccc3nonc3c2)cc1)S(=O)(=O)c1ccc(F)cc1. The van der Waals surface area contributed by atoms with Gasteiger partial charge >= 0.3 is 5.97 Å². The number of sulfonamides is 1. The van der Waals surface area contributed by atoms with E-state index in [0.717, 1.165) is 16.4 Å². The van der Waals surface area contributed by atoms with Gasteiger partial charge in [0, 0.05) is 19.2 Å². The number of benzene rings is 3. The van der Waals surface area contributed by atoms with Crippen molar-refractivity contribution in [3.8, 4) is 5.75 Å². The van der Waals surface area contributed by atoms with Crippen LogP contribution < -0.4 is 4.74 Å². The minimum atomic E-state index is -3.80. The molecule has 0 spiro atoms. The number of aromatic nitrogens is 2. The smallest absolute Gasteiger partial charge is 0.349 e. The molecular formula is C22H18FN3O6S. The first kappa shape index (κ1) is 22.4. The highest BCUT2D eigenvalue weighted by molar-refractivity contribution is 7.89. The molecule has 4 aromatic rings. The van der Waals surface area contributed by atoms with E-state index in [-0.39, 0.29) is 17.2 Å². The van der Waals surface area contributed by atoms with Crippen molar-refractivity contribution in [2.75, 3.05) is 7.05 Å². The molecular weight excluding hydrogens is 453 g/mol. The molecule has 0 aliphatic rings. The van der Waals surface area contributed by atoms with E-state index in [1.54, 1.807) is 36.4 Å². The van der Waals surface area contributed by atoms with Gasteiger partial charge in [0.2, 0.25) is 16.1 Å². The Balaban J connectivity index is 1.47. The number of fused-ring (bicyclic) bond motifs is 1. The molecule has 3 aromatic carbocycles. The second-order valence-corrected chi connectivity index (χ2v) is 9.25. The summed E-state index contributed by atoms with van der Waals surface area (Å²) in [5.41, 5.74) is 1.91. The molecule has 0 amide bonds. The second-order valence-electron chi connectivity index (χ2n) is 7.21. The zero-order chi connectivity index (χ0) is 23.6. The van der Waals surface area contributed by atoms with Gasteiger partial charge in [0.15, 0.2) is 0 Å². The van der Waals surface area contributed by atoms with E-state index in [9.17, 15) is 22.7 Å². The normalized spacial score (nSPS) is 12.7. The van der Waals surface area contributed by atoms with Gasteiger partial charge < -0.3 is 9.84 Å². The molecule has 9 nitrogen and oxygen atoms in total. The van der Waals surface area contributed by atoms with Crippen molar-refractivity contribution >= 4 is 27.0 Å². The summed E-state index contributed by atoms with van der Waals surface area (Å²) in [7, 11) is -2.39. The lowest BCUT2D eigenvalue weighted by Crippen LogP contribution is -2.26. The zero-order valence-corrected chi connectivity index (χ0v) is 18.1. The molecule has 0 saturated carbocycles. The van der Waals surface area contributed by atoms with Crippen molar-refractivity contribution in [3.05, 3.63) is 83.7 Å². The molecule has 11 heteroatoms. The lowest BCUT2D eigenvalue weighted by molar-refractivity contribution is -0.145. The fourth-order valence-corrected chi connectivity index (χ4v) is 4.32. The van der Waals surface area contributed by atoms with E-state index >= 15 is 0 Å². The van der Waals surface area contributed by atoms with Gasteiger partial charge in [-0.3, -0.25) is 0 Å². The van der Waals surface area contributed by atoms with Crippen LogP contribution in [0.4, 0.5) is 4.39 Å². The van der Waals surface area contributed by atoms with E-state index in [4.69, 9.17) is 4.74 Å². The summed E-state index contributed by atoms with van der Waals surface area (Å²) in [6.07, 6.45) is -1.29. The number of carboxylic acid groups (broad SMARTS) is 1. The fraction of sp³-hybridized carbons (Fsp3) is 0.136. The van der Waals surface area contributed by atoms with Crippen LogP contribution in [0.3, 0.4) is 0 Å². The van der Waals surface area contributed by atoms with Crippen LogP contribution in [-0.2, 0) is 21.4 Å². The van der Waals surface area contributed by atoms with Crippen LogP contribution in [0.25, 0.3) is 11.0 Å². The maximum absolute atomic E-state index is 13.1. The van der Waals surface area contributed by atoms with Gasteiger partial charge in [0.25, 0.3) is 0 Å². The Labute approximate surface area is 188 Å². The van der Waals surface area contributed by atoms with Crippen LogP contribution in [0.2, 0.25) is 0 Å². The van der Waals surface area contributed by atoms with Gasteiger partial charge in [-0.1, -0.05) is 18.2 Å². The van der Waals surface area contributed by atoms with Crippen LogP contribution in [0.1, 0.15) is 17.2 Å². The van der Waals surface area contributed by atoms with E-state index in [2.05, 4.69) is 14.9 Å². The third-order valence-corrected chi connectivity index (χ3v) is 6.73. The van der Waals surface area contributed by atoms with Crippen molar-refractivity contribution in [1.29, 1.82) is 0 Å². The molecule has 0 aliphatic carbocycles. The minimum absolute atomic E-state index is 0.0186. The molecule has 170 valence electrons. The molecule has 33 heavy (non-hydrogen) atoms. The van der Waals surface area contributed by atoms with Crippen LogP contribution in [0.5, 0.6) is 5.75 Å². The van der Waals surface area contributed by atoms with Crippen molar-refractivity contribution in [2.24, 2.45) is 0 Å². The molecule has 1 atom stereocenters. The van der Waals surface area contributed by atoms with E-state index in [1.807, 2.05) is 0 Å². The molecule has 0 bridgehead atoms. The quantitative estimate of drug-likeness (QED) is 0.415. The molecule has 0 fully saturated rings. The molecule has 0 saturated heterocycles. The number of aliphatic carboxylic acids is 1. The Bertz CT molecular complexity index is 1390. The second kappa shape index (κ2) is 8.96. The van der Waals surface area contributed by atoms with Gasteiger partial charge in [-0.05, 0) is 64.4 Å². The van der Waals surface area contributed by atoms with Crippen LogP contribution >= 0.6 is 0 Å². The predicted molar refractivity (Wildman–Crippen MR) is 114 cm³/mol. The lowest BCUT2D eigenvalue weighted by atomic mass is 10.1. The molecule has 0 aliphatic heterocycles. The molecule has 1 heterocycles.